The van der Waals surface area contributed by atoms with Crippen molar-refractivity contribution in [1.29, 1.82) is 0 Å². The number of aromatic hydroxyl groups is 1. The molecule has 0 saturated heterocycles. The highest BCUT2D eigenvalue weighted by molar-refractivity contribution is 5.92. The van der Waals surface area contributed by atoms with E-state index < -0.39 is 41.8 Å². The van der Waals surface area contributed by atoms with Crippen LogP contribution in [0.4, 0.5) is 4.79 Å². The van der Waals surface area contributed by atoms with Gasteiger partial charge < -0.3 is 30.5 Å². The minimum absolute atomic E-state index is 0.0308. The van der Waals surface area contributed by atoms with Gasteiger partial charge in [0.15, 0.2) is 0 Å². The van der Waals surface area contributed by atoms with Crippen molar-refractivity contribution in [2.24, 2.45) is 0 Å². The fraction of sp³-hybridized carbons (Fsp3) is 0.654. The molecule has 1 aromatic rings. The number of hydrogen-bond donors (Lipinski definition) is 4. The number of nitrogens with one attached hydrogen (secondary N) is 2. The molecule has 9 nitrogen and oxygen atoms in total. The lowest BCUT2D eigenvalue weighted by Gasteiger charge is -2.44. The van der Waals surface area contributed by atoms with E-state index in [0.29, 0.717) is 18.5 Å². The topological polar surface area (TPSA) is 128 Å². The van der Waals surface area contributed by atoms with Crippen molar-refractivity contribution >= 4 is 17.9 Å². The molecule has 35 heavy (non-hydrogen) atoms. The van der Waals surface area contributed by atoms with Crippen LogP contribution in [0.5, 0.6) is 5.75 Å². The van der Waals surface area contributed by atoms with E-state index in [1.807, 2.05) is 20.8 Å². The molecule has 1 aromatic carbocycles. The molecule has 9 heteroatoms. The largest absolute Gasteiger partial charge is 0.508 e. The maximum absolute atomic E-state index is 13.8. The zero-order chi connectivity index (χ0) is 26.8. The van der Waals surface area contributed by atoms with Crippen molar-refractivity contribution in [3.05, 3.63) is 29.8 Å². The van der Waals surface area contributed by atoms with Gasteiger partial charge in [-0.3, -0.25) is 9.59 Å². The van der Waals surface area contributed by atoms with Gasteiger partial charge in [-0.1, -0.05) is 38.8 Å². The molecule has 4 N–H and O–H groups in total. The third kappa shape index (κ3) is 9.39. The first-order valence-corrected chi connectivity index (χ1v) is 12.3. The highest BCUT2D eigenvalue weighted by Crippen LogP contribution is 2.32. The summed E-state index contributed by atoms with van der Waals surface area (Å²) in [7, 11) is 0. The van der Waals surface area contributed by atoms with Gasteiger partial charge in [-0.15, -0.1) is 0 Å². The number of phenols is 1. The maximum Gasteiger partial charge on any atom is 0.408 e. The van der Waals surface area contributed by atoms with Gasteiger partial charge in [-0.05, 0) is 65.2 Å². The molecule has 198 valence electrons. The molecule has 0 radical (unpaired) electrons. The van der Waals surface area contributed by atoms with E-state index in [-0.39, 0.29) is 11.7 Å². The summed E-state index contributed by atoms with van der Waals surface area (Å²) in [6.45, 7) is 12.5. The maximum atomic E-state index is 13.8. The molecule has 0 heterocycles. The van der Waals surface area contributed by atoms with Crippen LogP contribution < -0.4 is 10.6 Å². The highest BCUT2D eigenvalue weighted by atomic mass is 16.6. The van der Waals surface area contributed by atoms with Crippen LogP contribution in [0.3, 0.4) is 0 Å². The fourth-order valence-corrected chi connectivity index (χ4v) is 3.51. The van der Waals surface area contributed by atoms with Crippen molar-refractivity contribution in [1.82, 2.24) is 15.5 Å². The Morgan fingerprint density at radius 1 is 1.03 bits per heavy atom. The molecule has 2 atom stereocenters. The zero-order valence-electron chi connectivity index (χ0n) is 22.2. The molecule has 0 bridgehead atoms. The van der Waals surface area contributed by atoms with Gasteiger partial charge in [-0.25, -0.2) is 4.79 Å². The molecular formula is C26H43N3O6. The highest BCUT2D eigenvalue weighted by Gasteiger charge is 2.43. The summed E-state index contributed by atoms with van der Waals surface area (Å²) in [4.78, 5) is 41.1. The average molecular weight is 494 g/mol. The monoisotopic (exact) mass is 493 g/mol. The second kappa shape index (κ2) is 13.3. The first kappa shape index (κ1) is 30.2. The lowest BCUT2D eigenvalue weighted by atomic mass is 9.92. The van der Waals surface area contributed by atoms with Gasteiger partial charge in [0.05, 0.1) is 6.61 Å². The molecule has 0 fully saturated rings. The number of amides is 3. The Morgan fingerprint density at radius 3 is 2.11 bits per heavy atom. The molecular weight excluding hydrogens is 450 g/mol. The second-order valence-corrected chi connectivity index (χ2v) is 10.2. The van der Waals surface area contributed by atoms with Crippen molar-refractivity contribution in [3.63, 3.8) is 0 Å². The second-order valence-electron chi connectivity index (χ2n) is 10.2. The van der Waals surface area contributed by atoms with Crippen LogP contribution in [0.15, 0.2) is 24.3 Å². The van der Waals surface area contributed by atoms with E-state index >= 15 is 0 Å². The SMILES string of the molecule is CCCCCNC(=O)C(c1ccc(O)cc1)N(C(=O)C(CO)NC(=O)OC(C)(C)C)C(C)(C)CC. The van der Waals surface area contributed by atoms with Crippen LogP contribution in [0.25, 0.3) is 0 Å². The number of nitrogens with zero attached hydrogens (tertiary/aromatic N) is 1. The Labute approximate surface area is 209 Å². The van der Waals surface area contributed by atoms with E-state index in [1.165, 1.54) is 17.0 Å². The van der Waals surface area contributed by atoms with Crippen LogP contribution in [0.2, 0.25) is 0 Å². The number of phenolic OH excluding ortho intramolecular Hbond substituents is 1. The average Bonchev–Trinajstić information content (AvgIpc) is 2.77. The number of carbonyl (C=O) groups excluding carboxylic acids is 3. The zero-order valence-corrected chi connectivity index (χ0v) is 22.2. The number of ether oxygens (including phenoxy) is 1. The number of aliphatic hydroxyl groups excluding tert-OH is 1. The normalized spacial score (nSPS) is 13.5. The Bertz CT molecular complexity index is 832. The summed E-state index contributed by atoms with van der Waals surface area (Å²) in [5, 5.41) is 25.1. The summed E-state index contributed by atoms with van der Waals surface area (Å²) in [6, 6.07) is 3.73. The van der Waals surface area contributed by atoms with Gasteiger partial charge in [0.2, 0.25) is 11.8 Å². The summed E-state index contributed by atoms with van der Waals surface area (Å²) in [5.41, 5.74) is -1.11. The number of carbonyl (C=O) groups is 3. The van der Waals surface area contributed by atoms with Gasteiger partial charge >= 0.3 is 6.09 Å². The predicted molar refractivity (Wildman–Crippen MR) is 135 cm³/mol. The van der Waals surface area contributed by atoms with Crippen LogP contribution in [0, 0.1) is 0 Å². The van der Waals surface area contributed by atoms with Crippen LogP contribution >= 0.6 is 0 Å². The van der Waals surface area contributed by atoms with Crippen molar-refractivity contribution in [3.8, 4) is 5.75 Å². The lowest BCUT2D eigenvalue weighted by molar-refractivity contribution is -0.150. The first-order valence-electron chi connectivity index (χ1n) is 12.3. The Hall–Kier alpha value is -2.81. The fourth-order valence-electron chi connectivity index (χ4n) is 3.51. The first-order chi connectivity index (χ1) is 16.3. The van der Waals surface area contributed by atoms with Gasteiger partial charge in [0, 0.05) is 12.1 Å². The smallest absolute Gasteiger partial charge is 0.408 e. The summed E-state index contributed by atoms with van der Waals surface area (Å²) < 4.78 is 5.25. The van der Waals surface area contributed by atoms with Crippen LogP contribution in [-0.4, -0.2) is 63.4 Å². The molecule has 0 aliphatic rings. The Balaban J connectivity index is 3.43. The Morgan fingerprint density at radius 2 is 1.63 bits per heavy atom. The van der Waals surface area contributed by atoms with Crippen molar-refractivity contribution in [2.75, 3.05) is 13.2 Å². The minimum atomic E-state index is -1.32. The number of hydrogen-bond acceptors (Lipinski definition) is 6. The molecule has 3 amide bonds. The number of aliphatic hydroxyl groups is 1. The number of alkyl carbamates (subject to hydrolysis) is 1. The van der Waals surface area contributed by atoms with E-state index in [1.54, 1.807) is 32.9 Å². The lowest BCUT2D eigenvalue weighted by Crippen LogP contribution is -2.60. The van der Waals surface area contributed by atoms with Gasteiger partial charge in [0.25, 0.3) is 0 Å². The van der Waals surface area contributed by atoms with E-state index in [4.69, 9.17) is 4.74 Å². The number of rotatable bonds is 12. The molecule has 2 unspecified atom stereocenters. The quantitative estimate of drug-likeness (QED) is 0.329. The molecule has 1 rings (SSSR count). The summed E-state index contributed by atoms with van der Waals surface area (Å²) in [6.07, 6.45) is 2.42. The van der Waals surface area contributed by atoms with E-state index in [9.17, 15) is 24.6 Å². The molecule has 0 aromatic heterocycles. The van der Waals surface area contributed by atoms with Gasteiger partial charge in [0.1, 0.15) is 23.4 Å². The van der Waals surface area contributed by atoms with Crippen LogP contribution in [-0.2, 0) is 14.3 Å². The number of benzene rings is 1. The third-order valence-electron chi connectivity index (χ3n) is 5.72. The van der Waals surface area contributed by atoms with Crippen LogP contribution in [0.1, 0.15) is 85.8 Å². The van der Waals surface area contributed by atoms with Crippen molar-refractivity contribution < 1.29 is 29.3 Å². The van der Waals surface area contributed by atoms with E-state index in [2.05, 4.69) is 17.6 Å². The predicted octanol–water partition coefficient (Wildman–Crippen LogP) is 3.64. The number of unbranched alkanes of at least 4 members (excludes halogenated alkanes) is 2. The third-order valence-corrected chi connectivity index (χ3v) is 5.72. The molecule has 0 spiro atoms. The minimum Gasteiger partial charge on any atom is -0.508 e. The van der Waals surface area contributed by atoms with E-state index in [0.717, 1.165) is 19.3 Å². The summed E-state index contributed by atoms with van der Waals surface area (Å²) in [5.74, 6) is -0.967. The molecule has 0 aliphatic carbocycles. The summed E-state index contributed by atoms with van der Waals surface area (Å²) >= 11 is 0. The van der Waals surface area contributed by atoms with Crippen molar-refractivity contribution in [2.45, 2.75) is 97.4 Å². The Kier molecular flexibility index (Phi) is 11.5. The molecule has 0 aliphatic heterocycles. The standard InChI is InChI=1S/C26H43N3O6/c1-8-10-11-16-27-22(32)21(18-12-14-19(31)15-13-18)29(26(6,7)9-2)23(33)20(17-30)28-24(34)35-25(3,4)5/h12-15,20-21,30-31H,8-11,16-17H2,1-7H3,(H,27,32)(H,28,34). The van der Waals surface area contributed by atoms with Gasteiger partial charge in [-0.2, -0.15) is 0 Å². The molecule has 0 saturated carbocycles.